The van der Waals surface area contributed by atoms with Gasteiger partial charge in [0.25, 0.3) is 5.91 Å². The minimum absolute atomic E-state index is 0.00126. The summed E-state index contributed by atoms with van der Waals surface area (Å²) in [5, 5.41) is 3.88. The molecule has 0 spiro atoms. The van der Waals surface area contributed by atoms with E-state index in [4.69, 9.17) is 9.57 Å². The highest BCUT2D eigenvalue weighted by Gasteiger charge is 2.42. The number of carbonyl (C=O) groups excluding carboxylic acids is 1. The van der Waals surface area contributed by atoms with Gasteiger partial charge in [0.15, 0.2) is 0 Å². The molecule has 2 heterocycles. The third-order valence-corrected chi connectivity index (χ3v) is 3.65. The van der Waals surface area contributed by atoms with Crippen molar-refractivity contribution in [3.63, 3.8) is 0 Å². The minimum Gasteiger partial charge on any atom is -0.379 e. The van der Waals surface area contributed by atoms with Crippen LogP contribution in [-0.2, 0) is 14.4 Å². The van der Waals surface area contributed by atoms with Crippen molar-refractivity contribution in [1.29, 1.82) is 0 Å². The van der Waals surface area contributed by atoms with E-state index in [-0.39, 0.29) is 5.91 Å². The molecular formula is C13H23N3O3. The number of likely N-dealkylation sites (N-methyl/N-ethyl adjacent to an activating group) is 1. The molecular weight excluding hydrogens is 246 g/mol. The van der Waals surface area contributed by atoms with E-state index in [9.17, 15) is 4.79 Å². The van der Waals surface area contributed by atoms with E-state index in [0.29, 0.717) is 13.0 Å². The lowest BCUT2D eigenvalue weighted by molar-refractivity contribution is -0.152. The van der Waals surface area contributed by atoms with Crippen LogP contribution in [0.15, 0.2) is 5.16 Å². The highest BCUT2D eigenvalue weighted by atomic mass is 16.7. The highest BCUT2D eigenvalue weighted by molar-refractivity contribution is 5.94. The molecule has 1 atom stereocenters. The first kappa shape index (κ1) is 14.3. The predicted molar refractivity (Wildman–Crippen MR) is 72.1 cm³/mol. The Labute approximate surface area is 114 Å². The fourth-order valence-corrected chi connectivity index (χ4v) is 2.47. The van der Waals surface area contributed by atoms with Crippen LogP contribution in [0.4, 0.5) is 0 Å². The predicted octanol–water partition coefficient (Wildman–Crippen LogP) is 0.332. The molecule has 108 valence electrons. The van der Waals surface area contributed by atoms with Gasteiger partial charge in [-0.05, 0) is 13.8 Å². The van der Waals surface area contributed by atoms with Crippen molar-refractivity contribution in [1.82, 2.24) is 9.80 Å². The number of amides is 1. The zero-order chi connectivity index (χ0) is 13.9. The van der Waals surface area contributed by atoms with Crippen LogP contribution in [0, 0.1) is 0 Å². The molecule has 1 amide bonds. The molecule has 2 aliphatic rings. The SMILES string of the molecule is CC1=NO[C@@](C)(C(=O)N(C)CCN2CCOCC2)C1. The number of hydrogen-bond acceptors (Lipinski definition) is 5. The minimum atomic E-state index is -0.816. The largest absolute Gasteiger partial charge is 0.379 e. The normalized spacial score (nSPS) is 27.8. The Bertz CT molecular complexity index is 366. The van der Waals surface area contributed by atoms with E-state index in [2.05, 4.69) is 10.1 Å². The lowest BCUT2D eigenvalue weighted by Gasteiger charge is -2.31. The number of nitrogens with zero attached hydrogens (tertiary/aromatic N) is 3. The quantitative estimate of drug-likeness (QED) is 0.738. The van der Waals surface area contributed by atoms with Gasteiger partial charge in [-0.3, -0.25) is 9.69 Å². The first-order valence-corrected chi connectivity index (χ1v) is 6.78. The Hall–Kier alpha value is -1.14. The van der Waals surface area contributed by atoms with E-state index in [1.54, 1.807) is 11.8 Å². The zero-order valence-electron chi connectivity index (χ0n) is 12.0. The van der Waals surface area contributed by atoms with Crippen LogP contribution in [0.3, 0.4) is 0 Å². The summed E-state index contributed by atoms with van der Waals surface area (Å²) >= 11 is 0. The monoisotopic (exact) mass is 269 g/mol. The summed E-state index contributed by atoms with van der Waals surface area (Å²) in [6, 6.07) is 0. The number of oxime groups is 1. The summed E-state index contributed by atoms with van der Waals surface area (Å²) in [5.41, 5.74) is 0.0570. The van der Waals surface area contributed by atoms with Gasteiger partial charge in [0.1, 0.15) is 0 Å². The van der Waals surface area contributed by atoms with E-state index < -0.39 is 5.60 Å². The fourth-order valence-electron chi connectivity index (χ4n) is 2.47. The molecule has 2 rings (SSSR count). The fraction of sp³-hybridized carbons (Fsp3) is 0.846. The molecule has 0 aromatic heterocycles. The summed E-state index contributed by atoms with van der Waals surface area (Å²) in [5.74, 6) is 0.00126. The molecule has 6 nitrogen and oxygen atoms in total. The smallest absolute Gasteiger partial charge is 0.269 e. The van der Waals surface area contributed by atoms with Crippen molar-refractivity contribution in [2.45, 2.75) is 25.9 Å². The first-order chi connectivity index (χ1) is 9.01. The molecule has 1 fully saturated rings. The molecule has 0 radical (unpaired) electrons. The maximum atomic E-state index is 12.4. The molecule has 0 unspecified atom stereocenters. The lowest BCUT2D eigenvalue weighted by Crippen LogP contribution is -2.48. The van der Waals surface area contributed by atoms with Gasteiger partial charge in [0, 0.05) is 39.6 Å². The van der Waals surface area contributed by atoms with E-state index >= 15 is 0 Å². The van der Waals surface area contributed by atoms with Crippen molar-refractivity contribution in [3.8, 4) is 0 Å². The lowest BCUT2D eigenvalue weighted by atomic mass is 9.99. The average molecular weight is 269 g/mol. The van der Waals surface area contributed by atoms with Crippen LogP contribution in [-0.4, -0.2) is 73.5 Å². The molecule has 19 heavy (non-hydrogen) atoms. The molecule has 2 aliphatic heterocycles. The standard InChI is InChI=1S/C13H23N3O3/c1-11-10-13(2,19-14-11)12(17)15(3)4-5-16-6-8-18-9-7-16/h4-10H2,1-3H3/t13-/m1/s1. The molecule has 1 saturated heterocycles. The summed E-state index contributed by atoms with van der Waals surface area (Å²) in [6.07, 6.45) is 0.577. The summed E-state index contributed by atoms with van der Waals surface area (Å²) in [6.45, 7) is 8.72. The maximum Gasteiger partial charge on any atom is 0.269 e. The maximum absolute atomic E-state index is 12.4. The molecule has 0 aliphatic carbocycles. The van der Waals surface area contributed by atoms with Crippen molar-refractivity contribution >= 4 is 11.6 Å². The zero-order valence-corrected chi connectivity index (χ0v) is 12.0. The van der Waals surface area contributed by atoms with Crippen molar-refractivity contribution in [3.05, 3.63) is 0 Å². The molecule has 0 N–H and O–H groups in total. The second kappa shape index (κ2) is 5.88. The second-order valence-corrected chi connectivity index (χ2v) is 5.51. The molecule has 0 aromatic rings. The van der Waals surface area contributed by atoms with Crippen molar-refractivity contribution in [2.75, 3.05) is 46.4 Å². The van der Waals surface area contributed by atoms with Crippen LogP contribution in [0.1, 0.15) is 20.3 Å². The number of ether oxygens (including phenoxy) is 1. The Kier molecular flexibility index (Phi) is 4.42. The van der Waals surface area contributed by atoms with Gasteiger partial charge in [-0.1, -0.05) is 5.16 Å². The van der Waals surface area contributed by atoms with E-state index in [0.717, 1.165) is 38.6 Å². The molecule has 0 saturated carbocycles. The third kappa shape index (κ3) is 3.45. The number of rotatable bonds is 4. The Balaban J connectivity index is 1.79. The van der Waals surface area contributed by atoms with Crippen LogP contribution in [0.2, 0.25) is 0 Å². The molecule has 6 heteroatoms. The van der Waals surface area contributed by atoms with Gasteiger partial charge < -0.3 is 14.5 Å². The Morgan fingerprint density at radius 3 is 2.74 bits per heavy atom. The summed E-state index contributed by atoms with van der Waals surface area (Å²) < 4.78 is 5.31. The Morgan fingerprint density at radius 2 is 2.16 bits per heavy atom. The third-order valence-electron chi connectivity index (χ3n) is 3.65. The van der Waals surface area contributed by atoms with Crippen LogP contribution in [0.5, 0.6) is 0 Å². The van der Waals surface area contributed by atoms with Gasteiger partial charge in [-0.25, -0.2) is 0 Å². The van der Waals surface area contributed by atoms with E-state index in [1.807, 2.05) is 14.0 Å². The van der Waals surface area contributed by atoms with Crippen molar-refractivity contribution < 1.29 is 14.4 Å². The number of morpholine rings is 1. The average Bonchev–Trinajstić information content (AvgIpc) is 2.77. The van der Waals surface area contributed by atoms with Gasteiger partial charge in [-0.2, -0.15) is 0 Å². The van der Waals surface area contributed by atoms with Gasteiger partial charge in [-0.15, -0.1) is 0 Å². The van der Waals surface area contributed by atoms with Crippen LogP contribution >= 0.6 is 0 Å². The van der Waals surface area contributed by atoms with Gasteiger partial charge in [0.2, 0.25) is 5.60 Å². The highest BCUT2D eigenvalue weighted by Crippen LogP contribution is 2.25. The number of hydrogen-bond donors (Lipinski definition) is 0. The van der Waals surface area contributed by atoms with Crippen molar-refractivity contribution in [2.24, 2.45) is 5.16 Å². The van der Waals surface area contributed by atoms with Gasteiger partial charge in [0.05, 0.1) is 18.9 Å². The molecule has 0 aromatic carbocycles. The second-order valence-electron chi connectivity index (χ2n) is 5.51. The van der Waals surface area contributed by atoms with Gasteiger partial charge >= 0.3 is 0 Å². The summed E-state index contributed by atoms with van der Waals surface area (Å²) in [4.78, 5) is 21.7. The van der Waals surface area contributed by atoms with Crippen LogP contribution in [0.25, 0.3) is 0 Å². The van der Waals surface area contributed by atoms with E-state index in [1.165, 1.54) is 0 Å². The molecule has 0 bridgehead atoms. The number of carbonyl (C=O) groups is 1. The Morgan fingerprint density at radius 1 is 1.47 bits per heavy atom. The van der Waals surface area contributed by atoms with Crippen LogP contribution < -0.4 is 0 Å². The summed E-state index contributed by atoms with van der Waals surface area (Å²) in [7, 11) is 1.82. The first-order valence-electron chi connectivity index (χ1n) is 6.78. The topological polar surface area (TPSA) is 54.4 Å².